The molecule has 5 rings (SSSR count). The van der Waals surface area contributed by atoms with Crippen LogP contribution in [0.15, 0.2) is 18.3 Å². The first-order valence-electron chi connectivity index (χ1n) is 9.14. The van der Waals surface area contributed by atoms with E-state index in [1.807, 2.05) is 18.3 Å². The van der Waals surface area contributed by atoms with Crippen molar-refractivity contribution in [3.8, 4) is 10.6 Å². The number of nitrogens with one attached hydrogen (secondary N) is 3. The molecular weight excluding hydrogens is 344 g/mol. The van der Waals surface area contributed by atoms with Gasteiger partial charge in [0.25, 0.3) is 0 Å². The van der Waals surface area contributed by atoms with Gasteiger partial charge in [0.15, 0.2) is 0 Å². The van der Waals surface area contributed by atoms with E-state index in [0.717, 1.165) is 52.3 Å². The Bertz CT molecular complexity index is 958. The normalized spacial score (nSPS) is 24.8. The van der Waals surface area contributed by atoms with Crippen LogP contribution in [-0.4, -0.2) is 33.8 Å². The number of nitrogen functional groups attached to an aromatic ring is 1. The number of H-pyrrole nitrogens is 1. The van der Waals surface area contributed by atoms with Crippen LogP contribution in [0.1, 0.15) is 32.3 Å². The molecule has 0 amide bonds. The first kappa shape index (κ1) is 16.1. The molecule has 4 heterocycles. The van der Waals surface area contributed by atoms with Crippen LogP contribution in [0, 0.1) is 11.8 Å². The van der Waals surface area contributed by atoms with Crippen molar-refractivity contribution in [3.05, 3.63) is 23.9 Å². The Morgan fingerprint density at radius 3 is 2.69 bits per heavy atom. The van der Waals surface area contributed by atoms with Crippen molar-refractivity contribution in [2.24, 2.45) is 11.8 Å². The summed E-state index contributed by atoms with van der Waals surface area (Å²) in [4.78, 5) is 6.24. The maximum absolute atomic E-state index is 6.44. The number of rotatable bonds is 3. The zero-order valence-corrected chi connectivity index (χ0v) is 16.1. The number of pyridine rings is 1. The van der Waals surface area contributed by atoms with Crippen molar-refractivity contribution in [1.29, 1.82) is 0 Å². The molecule has 0 bridgehead atoms. The molecule has 3 aromatic heterocycles. The third-order valence-corrected chi connectivity index (χ3v) is 6.66. The fourth-order valence-electron chi connectivity index (χ4n) is 4.29. The van der Waals surface area contributed by atoms with E-state index in [1.165, 1.54) is 10.4 Å². The quantitative estimate of drug-likeness (QED) is 0.569. The van der Waals surface area contributed by atoms with Crippen LogP contribution >= 0.6 is 11.3 Å². The van der Waals surface area contributed by atoms with Gasteiger partial charge in [-0.3, -0.25) is 5.10 Å². The predicted octanol–water partition coefficient (Wildman–Crippen LogP) is 3.41. The summed E-state index contributed by atoms with van der Waals surface area (Å²) in [6.07, 6.45) is 1.81. The number of anilines is 2. The number of fused-ring (bicyclic) bond motifs is 2. The van der Waals surface area contributed by atoms with Gasteiger partial charge in [-0.15, -0.1) is 11.3 Å². The third kappa shape index (κ3) is 2.49. The minimum absolute atomic E-state index is 0.0600. The predicted molar refractivity (Wildman–Crippen MR) is 108 cm³/mol. The Morgan fingerprint density at radius 1 is 1.27 bits per heavy atom. The average Bonchev–Trinajstić information content (AvgIpc) is 3.06. The highest BCUT2D eigenvalue weighted by molar-refractivity contribution is 7.23. The van der Waals surface area contributed by atoms with Crippen molar-refractivity contribution in [2.45, 2.75) is 32.2 Å². The van der Waals surface area contributed by atoms with Gasteiger partial charge in [0.05, 0.1) is 26.5 Å². The van der Waals surface area contributed by atoms with Gasteiger partial charge in [0, 0.05) is 23.4 Å². The second-order valence-electron chi connectivity index (χ2n) is 8.48. The molecule has 2 fully saturated rings. The fourth-order valence-corrected chi connectivity index (χ4v) is 5.49. The summed E-state index contributed by atoms with van der Waals surface area (Å²) in [5, 5.41) is 14.3. The zero-order valence-electron chi connectivity index (χ0n) is 15.3. The number of aromatic amines is 1. The van der Waals surface area contributed by atoms with E-state index >= 15 is 0 Å². The molecule has 0 aromatic carbocycles. The molecule has 7 heteroatoms. The molecule has 5 N–H and O–H groups in total. The topological polar surface area (TPSA) is 91.6 Å². The first-order valence-corrected chi connectivity index (χ1v) is 9.95. The summed E-state index contributed by atoms with van der Waals surface area (Å²) in [5.41, 5.74) is 10.7. The lowest BCUT2D eigenvalue weighted by Crippen LogP contribution is -2.26. The third-order valence-electron chi connectivity index (χ3n) is 5.38. The van der Waals surface area contributed by atoms with E-state index in [0.29, 0.717) is 5.92 Å². The lowest BCUT2D eigenvalue weighted by molar-refractivity contribution is 0.631. The minimum Gasteiger partial charge on any atom is -0.397 e. The van der Waals surface area contributed by atoms with E-state index in [1.54, 1.807) is 11.3 Å². The molecule has 1 unspecified atom stereocenters. The number of hydrogen-bond donors (Lipinski definition) is 4. The van der Waals surface area contributed by atoms with Crippen LogP contribution in [0.3, 0.4) is 0 Å². The van der Waals surface area contributed by atoms with Crippen LogP contribution in [0.2, 0.25) is 0 Å². The van der Waals surface area contributed by atoms with Gasteiger partial charge in [0.2, 0.25) is 0 Å². The van der Waals surface area contributed by atoms with Crippen molar-refractivity contribution in [1.82, 2.24) is 20.5 Å². The number of nitrogens with zero attached hydrogens (tertiary/aromatic N) is 2. The Hall–Kier alpha value is -2.12. The Morgan fingerprint density at radius 2 is 2.04 bits per heavy atom. The van der Waals surface area contributed by atoms with Crippen LogP contribution in [-0.2, 0) is 0 Å². The van der Waals surface area contributed by atoms with E-state index in [9.17, 15) is 0 Å². The van der Waals surface area contributed by atoms with E-state index < -0.39 is 0 Å². The molecular formula is C19H24N6S. The maximum atomic E-state index is 6.44. The lowest BCUT2D eigenvalue weighted by atomic mass is 10.0. The summed E-state index contributed by atoms with van der Waals surface area (Å²) in [5.74, 6) is 2.86. The number of hydrogen-bond acceptors (Lipinski definition) is 6. The molecule has 1 saturated carbocycles. The fraction of sp³-hybridized carbons (Fsp3) is 0.474. The van der Waals surface area contributed by atoms with Gasteiger partial charge in [-0.1, -0.05) is 0 Å². The lowest BCUT2D eigenvalue weighted by Gasteiger charge is -2.21. The van der Waals surface area contributed by atoms with Crippen LogP contribution < -0.4 is 16.4 Å². The Labute approximate surface area is 156 Å². The van der Waals surface area contributed by atoms with Gasteiger partial charge >= 0.3 is 0 Å². The first-order chi connectivity index (χ1) is 12.4. The van der Waals surface area contributed by atoms with Gasteiger partial charge in [0.1, 0.15) is 5.82 Å². The molecule has 0 radical (unpaired) electrons. The second-order valence-corrected chi connectivity index (χ2v) is 9.50. The summed E-state index contributed by atoms with van der Waals surface area (Å²) < 4.78 is 1.09. The van der Waals surface area contributed by atoms with Crippen molar-refractivity contribution >= 4 is 33.1 Å². The largest absolute Gasteiger partial charge is 0.397 e. The summed E-state index contributed by atoms with van der Waals surface area (Å²) in [7, 11) is 0. The van der Waals surface area contributed by atoms with Crippen molar-refractivity contribution < 1.29 is 0 Å². The van der Waals surface area contributed by atoms with Gasteiger partial charge in [-0.05, 0) is 57.7 Å². The molecule has 0 spiro atoms. The average molecular weight is 369 g/mol. The van der Waals surface area contributed by atoms with E-state index in [4.69, 9.17) is 10.7 Å². The SMILES string of the molecule is CC(C)(C)Nc1cc(N)c2sc(-c3ccn[nH]3)c(C3[C@H]4CNC[C@@H]34)c2n1. The van der Waals surface area contributed by atoms with Gasteiger partial charge in [-0.25, -0.2) is 4.98 Å². The minimum atomic E-state index is -0.0600. The molecule has 2 aliphatic rings. The van der Waals surface area contributed by atoms with Crippen LogP contribution in [0.5, 0.6) is 0 Å². The van der Waals surface area contributed by atoms with E-state index in [-0.39, 0.29) is 5.54 Å². The standard InChI is InChI=1S/C19H24N6S/c1-19(2,3)24-13-6-11(20)17-16(23-13)15(14-9-7-21-8-10(9)14)18(26-17)12-4-5-22-25-12/h4-6,9-10,14,21H,7-8H2,1-3H3,(H,22,25)(H3,20,23,24)/t9-,10+,14?. The van der Waals surface area contributed by atoms with Gasteiger partial charge in [-0.2, -0.15) is 5.10 Å². The number of thiophene rings is 1. The highest BCUT2D eigenvalue weighted by Crippen LogP contribution is 2.60. The number of nitrogens with two attached hydrogens (primary N) is 1. The van der Waals surface area contributed by atoms with Crippen LogP contribution in [0.25, 0.3) is 20.8 Å². The smallest absolute Gasteiger partial charge is 0.129 e. The Balaban J connectivity index is 1.70. The second kappa shape index (κ2) is 5.44. The Kier molecular flexibility index (Phi) is 3.36. The van der Waals surface area contributed by atoms with Crippen molar-refractivity contribution in [2.75, 3.05) is 24.1 Å². The van der Waals surface area contributed by atoms with Gasteiger partial charge < -0.3 is 16.4 Å². The molecule has 6 nitrogen and oxygen atoms in total. The number of piperidine rings is 1. The summed E-state index contributed by atoms with van der Waals surface area (Å²) in [6, 6.07) is 4.00. The molecule has 1 aliphatic heterocycles. The van der Waals surface area contributed by atoms with Crippen LogP contribution in [0.4, 0.5) is 11.5 Å². The molecule has 3 aromatic rings. The molecule has 3 atom stereocenters. The highest BCUT2D eigenvalue weighted by atomic mass is 32.1. The molecule has 1 saturated heterocycles. The monoisotopic (exact) mass is 368 g/mol. The molecule has 26 heavy (non-hydrogen) atoms. The van der Waals surface area contributed by atoms with E-state index in [2.05, 4.69) is 41.6 Å². The molecule has 136 valence electrons. The number of aromatic nitrogens is 3. The zero-order chi connectivity index (χ0) is 18.1. The highest BCUT2D eigenvalue weighted by Gasteiger charge is 2.55. The summed E-state index contributed by atoms with van der Waals surface area (Å²) >= 11 is 1.73. The molecule has 1 aliphatic carbocycles. The summed E-state index contributed by atoms with van der Waals surface area (Å²) in [6.45, 7) is 8.61. The maximum Gasteiger partial charge on any atom is 0.129 e. The van der Waals surface area contributed by atoms with Crippen molar-refractivity contribution in [3.63, 3.8) is 0 Å².